The van der Waals surface area contributed by atoms with Gasteiger partial charge in [0.2, 0.25) is 0 Å². The van der Waals surface area contributed by atoms with Crippen molar-refractivity contribution >= 4 is 44.6 Å². The number of benzene rings is 2. The number of amides is 2. The SMILES string of the molecule is Cc1ccc2nc(C)cc(C(=O)OCC(=O)NNC(=O)c3ccc(Br)cc3)c2c1. The highest BCUT2D eigenvalue weighted by molar-refractivity contribution is 9.10. The zero-order valence-corrected chi connectivity index (χ0v) is 17.4. The molecule has 0 aliphatic heterocycles. The Labute approximate surface area is 175 Å². The molecule has 0 spiro atoms. The van der Waals surface area contributed by atoms with Gasteiger partial charge >= 0.3 is 5.97 Å². The molecule has 1 heterocycles. The molecule has 0 atom stereocenters. The number of nitrogens with zero attached hydrogens (tertiary/aromatic N) is 1. The highest BCUT2D eigenvalue weighted by atomic mass is 79.9. The van der Waals surface area contributed by atoms with E-state index in [0.29, 0.717) is 27.7 Å². The van der Waals surface area contributed by atoms with Gasteiger partial charge in [0.1, 0.15) is 0 Å². The van der Waals surface area contributed by atoms with Gasteiger partial charge in [0.15, 0.2) is 6.61 Å². The second-order valence-electron chi connectivity index (χ2n) is 6.42. The fraction of sp³-hybridized carbons (Fsp3) is 0.143. The van der Waals surface area contributed by atoms with E-state index in [0.717, 1.165) is 10.0 Å². The number of rotatable bonds is 4. The number of carbonyl (C=O) groups excluding carboxylic acids is 3. The highest BCUT2D eigenvalue weighted by Crippen LogP contribution is 2.20. The number of fused-ring (bicyclic) bond motifs is 1. The number of halogens is 1. The first kappa shape index (κ1) is 20.5. The molecule has 3 aromatic rings. The minimum absolute atomic E-state index is 0.336. The Kier molecular flexibility index (Phi) is 6.23. The van der Waals surface area contributed by atoms with E-state index < -0.39 is 24.4 Å². The van der Waals surface area contributed by atoms with E-state index in [4.69, 9.17) is 4.74 Å². The maximum absolute atomic E-state index is 12.5. The summed E-state index contributed by atoms with van der Waals surface area (Å²) in [6, 6.07) is 13.8. The molecule has 2 aromatic carbocycles. The number of hydrogen-bond acceptors (Lipinski definition) is 5. The predicted octanol–water partition coefficient (Wildman–Crippen LogP) is 3.23. The Bertz CT molecular complexity index is 1100. The third-order valence-electron chi connectivity index (χ3n) is 4.07. The molecule has 1 aromatic heterocycles. The van der Waals surface area contributed by atoms with E-state index in [1.165, 1.54) is 0 Å². The van der Waals surface area contributed by atoms with Gasteiger partial charge in [0.25, 0.3) is 11.8 Å². The van der Waals surface area contributed by atoms with Crippen LogP contribution in [0.25, 0.3) is 10.9 Å². The first-order valence-corrected chi connectivity index (χ1v) is 9.52. The largest absolute Gasteiger partial charge is 0.452 e. The molecule has 148 valence electrons. The summed E-state index contributed by atoms with van der Waals surface area (Å²) < 4.78 is 5.94. The fourth-order valence-electron chi connectivity index (χ4n) is 2.69. The molecule has 2 N–H and O–H groups in total. The smallest absolute Gasteiger partial charge is 0.339 e. The first-order valence-electron chi connectivity index (χ1n) is 8.73. The quantitative estimate of drug-likeness (QED) is 0.464. The average Bonchev–Trinajstić information content (AvgIpc) is 2.70. The average molecular weight is 456 g/mol. The van der Waals surface area contributed by atoms with Crippen LogP contribution in [0.1, 0.15) is 32.0 Å². The maximum Gasteiger partial charge on any atom is 0.339 e. The maximum atomic E-state index is 12.5. The Hall–Kier alpha value is -3.26. The van der Waals surface area contributed by atoms with Gasteiger partial charge in [0, 0.05) is 21.1 Å². The van der Waals surface area contributed by atoms with E-state index in [9.17, 15) is 14.4 Å². The molecule has 3 rings (SSSR count). The second kappa shape index (κ2) is 8.83. The first-order chi connectivity index (χ1) is 13.8. The van der Waals surface area contributed by atoms with Gasteiger partial charge in [0.05, 0.1) is 11.1 Å². The number of hydrogen-bond donors (Lipinski definition) is 2. The van der Waals surface area contributed by atoms with Crippen molar-refractivity contribution in [2.24, 2.45) is 0 Å². The number of aromatic nitrogens is 1. The summed E-state index contributed by atoms with van der Waals surface area (Å²) in [5.41, 5.74) is 7.52. The normalized spacial score (nSPS) is 10.4. The van der Waals surface area contributed by atoms with Crippen LogP contribution in [0.2, 0.25) is 0 Å². The lowest BCUT2D eigenvalue weighted by Crippen LogP contribution is -2.43. The second-order valence-corrected chi connectivity index (χ2v) is 7.33. The van der Waals surface area contributed by atoms with E-state index in [1.54, 1.807) is 37.3 Å². The number of carbonyl (C=O) groups is 3. The number of ether oxygens (including phenoxy) is 1. The van der Waals surface area contributed by atoms with Gasteiger partial charge in [-0.25, -0.2) is 4.79 Å². The molecule has 8 heteroatoms. The van der Waals surface area contributed by atoms with Gasteiger partial charge in [-0.3, -0.25) is 25.4 Å². The summed E-state index contributed by atoms with van der Waals surface area (Å²) in [6.07, 6.45) is 0. The molecule has 0 aliphatic rings. The number of nitrogens with one attached hydrogen (secondary N) is 2. The molecule has 0 fully saturated rings. The van der Waals surface area contributed by atoms with E-state index in [2.05, 4.69) is 31.8 Å². The monoisotopic (exact) mass is 455 g/mol. The Balaban J connectivity index is 1.60. The third kappa shape index (κ3) is 5.17. The molecule has 7 nitrogen and oxygen atoms in total. The Morgan fingerprint density at radius 2 is 1.72 bits per heavy atom. The molecular formula is C21H18BrN3O4. The van der Waals surface area contributed by atoms with Crippen LogP contribution in [0.3, 0.4) is 0 Å². The van der Waals surface area contributed by atoms with E-state index in [-0.39, 0.29) is 0 Å². The summed E-state index contributed by atoms with van der Waals surface area (Å²) in [7, 11) is 0. The van der Waals surface area contributed by atoms with Crippen LogP contribution in [-0.2, 0) is 9.53 Å². The summed E-state index contributed by atoms with van der Waals surface area (Å²) >= 11 is 3.28. The summed E-state index contributed by atoms with van der Waals surface area (Å²) in [5, 5.41) is 0.657. The Morgan fingerprint density at radius 3 is 2.45 bits per heavy atom. The van der Waals surface area contributed by atoms with Crippen LogP contribution < -0.4 is 10.9 Å². The standard InChI is InChI=1S/C21H18BrN3O4/c1-12-3-8-18-16(9-12)17(10-13(2)23-18)21(28)29-11-19(26)24-25-20(27)14-4-6-15(22)7-5-14/h3-10H,11H2,1-2H3,(H,24,26)(H,25,27). The molecule has 0 aliphatic carbocycles. The van der Waals surface area contributed by atoms with Crippen molar-refractivity contribution in [3.63, 3.8) is 0 Å². The van der Waals surface area contributed by atoms with Crippen molar-refractivity contribution in [1.82, 2.24) is 15.8 Å². The van der Waals surface area contributed by atoms with Gasteiger partial charge in [-0.2, -0.15) is 0 Å². The zero-order chi connectivity index (χ0) is 21.0. The molecule has 0 radical (unpaired) electrons. The van der Waals surface area contributed by atoms with Crippen molar-refractivity contribution < 1.29 is 19.1 Å². The molecule has 2 amide bonds. The fourth-order valence-corrected chi connectivity index (χ4v) is 2.95. The van der Waals surface area contributed by atoms with Crippen molar-refractivity contribution in [3.05, 3.63) is 75.4 Å². The van der Waals surface area contributed by atoms with Crippen molar-refractivity contribution in [3.8, 4) is 0 Å². The molecular weight excluding hydrogens is 438 g/mol. The molecule has 0 saturated heterocycles. The lowest BCUT2D eigenvalue weighted by molar-refractivity contribution is -0.125. The van der Waals surface area contributed by atoms with E-state index >= 15 is 0 Å². The number of pyridine rings is 1. The zero-order valence-electron chi connectivity index (χ0n) is 15.8. The number of hydrazine groups is 1. The minimum atomic E-state index is -0.657. The predicted molar refractivity (Wildman–Crippen MR) is 111 cm³/mol. The van der Waals surface area contributed by atoms with Crippen molar-refractivity contribution in [2.75, 3.05) is 6.61 Å². The van der Waals surface area contributed by atoms with Crippen LogP contribution in [0.15, 0.2) is 53.0 Å². The van der Waals surface area contributed by atoms with Gasteiger partial charge in [-0.15, -0.1) is 0 Å². The van der Waals surface area contributed by atoms with Gasteiger partial charge in [-0.1, -0.05) is 27.6 Å². The van der Waals surface area contributed by atoms with E-state index in [1.807, 2.05) is 25.1 Å². The van der Waals surface area contributed by atoms with Crippen LogP contribution in [0, 0.1) is 13.8 Å². The minimum Gasteiger partial charge on any atom is -0.452 e. The van der Waals surface area contributed by atoms with Crippen molar-refractivity contribution in [2.45, 2.75) is 13.8 Å². The van der Waals surface area contributed by atoms with Crippen molar-refractivity contribution in [1.29, 1.82) is 0 Å². The van der Waals surface area contributed by atoms with Crippen LogP contribution in [0.5, 0.6) is 0 Å². The molecule has 29 heavy (non-hydrogen) atoms. The van der Waals surface area contributed by atoms with Crippen LogP contribution in [0.4, 0.5) is 0 Å². The summed E-state index contributed by atoms with van der Waals surface area (Å²) in [4.78, 5) is 40.8. The summed E-state index contributed by atoms with van der Waals surface area (Å²) in [5.74, 6) is -1.78. The number of esters is 1. The highest BCUT2D eigenvalue weighted by Gasteiger charge is 2.16. The molecule has 0 saturated carbocycles. The topological polar surface area (TPSA) is 97.4 Å². The number of aryl methyl sites for hydroxylation is 2. The van der Waals surface area contributed by atoms with Crippen LogP contribution >= 0.6 is 15.9 Å². The lowest BCUT2D eigenvalue weighted by Gasteiger charge is -2.10. The summed E-state index contributed by atoms with van der Waals surface area (Å²) in [6.45, 7) is 3.16. The molecule has 0 bridgehead atoms. The van der Waals surface area contributed by atoms with Gasteiger partial charge in [-0.05, 0) is 56.3 Å². The Morgan fingerprint density at radius 1 is 1.00 bits per heavy atom. The van der Waals surface area contributed by atoms with Gasteiger partial charge < -0.3 is 4.74 Å². The third-order valence-corrected chi connectivity index (χ3v) is 4.60. The van der Waals surface area contributed by atoms with Crippen LogP contribution in [-0.4, -0.2) is 29.4 Å². The molecule has 0 unspecified atom stereocenters. The lowest BCUT2D eigenvalue weighted by atomic mass is 10.1.